The van der Waals surface area contributed by atoms with Crippen molar-refractivity contribution in [3.63, 3.8) is 0 Å². The molecule has 0 bridgehead atoms. The average Bonchev–Trinajstić information content (AvgIpc) is 2.41. The van der Waals surface area contributed by atoms with Gasteiger partial charge in [0, 0.05) is 11.9 Å². The highest BCUT2D eigenvalue weighted by molar-refractivity contribution is 6.04. The number of hydrogen-bond donors (Lipinski definition) is 1. The lowest BCUT2D eigenvalue weighted by molar-refractivity contribution is -0.0493. The van der Waals surface area contributed by atoms with Crippen molar-refractivity contribution in [2.45, 2.75) is 13.5 Å². The Morgan fingerprint density at radius 3 is 2.65 bits per heavy atom. The Kier molecular flexibility index (Phi) is 4.24. The number of nitrogens with zero attached hydrogens (tertiary/aromatic N) is 1. The minimum atomic E-state index is -2.95. The van der Waals surface area contributed by atoms with Gasteiger partial charge in [0.25, 0.3) is 5.91 Å². The third-order valence-corrected chi connectivity index (χ3v) is 2.52. The number of aryl methyl sites for hydroxylation is 1. The number of amides is 1. The summed E-state index contributed by atoms with van der Waals surface area (Å²) in [5, 5.41) is 2.51. The van der Waals surface area contributed by atoms with Gasteiger partial charge in [-0.15, -0.1) is 0 Å². The maximum Gasteiger partial charge on any atom is 0.387 e. The van der Waals surface area contributed by atoms with Crippen molar-refractivity contribution in [1.29, 1.82) is 0 Å². The molecule has 0 saturated carbocycles. The van der Waals surface area contributed by atoms with Gasteiger partial charge in [-0.05, 0) is 31.2 Å². The zero-order valence-electron chi connectivity index (χ0n) is 10.6. The van der Waals surface area contributed by atoms with E-state index in [2.05, 4.69) is 15.0 Å². The van der Waals surface area contributed by atoms with Crippen LogP contribution in [0.15, 0.2) is 42.6 Å². The third kappa shape index (κ3) is 3.50. The van der Waals surface area contributed by atoms with E-state index in [0.717, 1.165) is 5.69 Å². The predicted molar refractivity (Wildman–Crippen MR) is 70.0 cm³/mol. The molecule has 0 aliphatic rings. The molecule has 0 atom stereocenters. The summed E-state index contributed by atoms with van der Waals surface area (Å²) in [6.07, 6.45) is 1.42. The third-order valence-electron chi connectivity index (χ3n) is 2.52. The second-order valence-corrected chi connectivity index (χ2v) is 4.02. The van der Waals surface area contributed by atoms with E-state index in [1.165, 1.54) is 18.3 Å². The van der Waals surface area contributed by atoms with Crippen LogP contribution in [0.4, 0.5) is 14.5 Å². The molecule has 2 rings (SSSR count). The van der Waals surface area contributed by atoms with E-state index >= 15 is 0 Å². The Labute approximate surface area is 114 Å². The monoisotopic (exact) mass is 278 g/mol. The Morgan fingerprint density at radius 1 is 1.25 bits per heavy atom. The fraction of sp³-hybridized carbons (Fsp3) is 0.143. The van der Waals surface area contributed by atoms with Crippen molar-refractivity contribution >= 4 is 11.6 Å². The van der Waals surface area contributed by atoms with Crippen molar-refractivity contribution in [3.05, 3.63) is 53.9 Å². The number of carbonyl (C=O) groups is 1. The van der Waals surface area contributed by atoms with Gasteiger partial charge in [0.15, 0.2) is 0 Å². The molecule has 104 valence electrons. The molecule has 0 aliphatic heterocycles. The first-order valence-corrected chi connectivity index (χ1v) is 5.84. The predicted octanol–water partition coefficient (Wildman–Crippen LogP) is 3.24. The minimum Gasteiger partial charge on any atom is -0.433 e. The molecule has 0 radical (unpaired) electrons. The fourth-order valence-electron chi connectivity index (χ4n) is 1.57. The fourth-order valence-corrected chi connectivity index (χ4v) is 1.57. The van der Waals surface area contributed by atoms with E-state index in [0.29, 0.717) is 5.56 Å². The Hall–Kier alpha value is -2.50. The number of ether oxygens (including phenoxy) is 1. The molecular formula is C14H12F2N2O2. The van der Waals surface area contributed by atoms with Gasteiger partial charge in [0.2, 0.25) is 0 Å². The van der Waals surface area contributed by atoms with E-state index in [1.807, 2.05) is 0 Å². The van der Waals surface area contributed by atoms with Gasteiger partial charge < -0.3 is 10.1 Å². The van der Waals surface area contributed by atoms with Crippen LogP contribution in [0.3, 0.4) is 0 Å². The van der Waals surface area contributed by atoms with E-state index in [4.69, 9.17) is 0 Å². The SMILES string of the molecule is Cc1ccc(C(=O)Nc2ccccc2OC(F)F)cn1. The number of nitrogens with one attached hydrogen (secondary N) is 1. The number of carbonyl (C=O) groups excluding carboxylic acids is 1. The lowest BCUT2D eigenvalue weighted by Crippen LogP contribution is -2.14. The summed E-state index contributed by atoms with van der Waals surface area (Å²) in [5.74, 6) is -0.529. The van der Waals surface area contributed by atoms with Crippen LogP contribution in [-0.4, -0.2) is 17.5 Å². The minimum absolute atomic E-state index is 0.0871. The topological polar surface area (TPSA) is 51.2 Å². The molecule has 0 unspecified atom stereocenters. The van der Waals surface area contributed by atoms with Crippen molar-refractivity contribution in [2.24, 2.45) is 0 Å². The quantitative estimate of drug-likeness (QED) is 0.934. The first-order chi connectivity index (χ1) is 9.56. The zero-order valence-corrected chi connectivity index (χ0v) is 10.6. The summed E-state index contributed by atoms with van der Waals surface area (Å²) in [6.45, 7) is -1.15. The highest BCUT2D eigenvalue weighted by Crippen LogP contribution is 2.25. The maximum atomic E-state index is 12.3. The van der Waals surface area contributed by atoms with Gasteiger partial charge in [-0.2, -0.15) is 8.78 Å². The van der Waals surface area contributed by atoms with E-state index in [9.17, 15) is 13.6 Å². The average molecular weight is 278 g/mol. The molecule has 1 N–H and O–H groups in total. The van der Waals surface area contributed by atoms with Crippen molar-refractivity contribution in [3.8, 4) is 5.75 Å². The summed E-state index contributed by atoms with van der Waals surface area (Å²) < 4.78 is 28.9. The molecule has 0 fully saturated rings. The first kappa shape index (κ1) is 13.9. The van der Waals surface area contributed by atoms with Crippen LogP contribution in [0.25, 0.3) is 0 Å². The number of rotatable bonds is 4. The Bertz CT molecular complexity index is 600. The summed E-state index contributed by atoms with van der Waals surface area (Å²) in [7, 11) is 0. The van der Waals surface area contributed by atoms with Crippen molar-refractivity contribution in [2.75, 3.05) is 5.32 Å². The van der Waals surface area contributed by atoms with Crippen LogP contribution >= 0.6 is 0 Å². The van der Waals surface area contributed by atoms with Gasteiger partial charge in [0.1, 0.15) is 5.75 Å². The summed E-state index contributed by atoms with van der Waals surface area (Å²) in [6, 6.07) is 9.29. The molecule has 2 aromatic rings. The van der Waals surface area contributed by atoms with Crippen LogP contribution < -0.4 is 10.1 Å². The number of alkyl halides is 2. The lowest BCUT2D eigenvalue weighted by atomic mass is 10.2. The van der Waals surface area contributed by atoms with Crippen LogP contribution in [0.1, 0.15) is 16.1 Å². The number of halogens is 2. The molecule has 1 amide bonds. The van der Waals surface area contributed by atoms with Crippen LogP contribution in [0.5, 0.6) is 5.75 Å². The molecule has 4 nitrogen and oxygen atoms in total. The highest BCUT2D eigenvalue weighted by Gasteiger charge is 2.12. The van der Waals surface area contributed by atoms with Crippen LogP contribution in [-0.2, 0) is 0 Å². The maximum absolute atomic E-state index is 12.3. The number of aromatic nitrogens is 1. The van der Waals surface area contributed by atoms with E-state index < -0.39 is 12.5 Å². The second kappa shape index (κ2) is 6.10. The summed E-state index contributed by atoms with van der Waals surface area (Å²) in [4.78, 5) is 16.0. The van der Waals surface area contributed by atoms with E-state index in [-0.39, 0.29) is 11.4 Å². The Morgan fingerprint density at radius 2 is 2.00 bits per heavy atom. The molecule has 0 aliphatic carbocycles. The van der Waals surface area contributed by atoms with Gasteiger partial charge in [-0.25, -0.2) is 0 Å². The van der Waals surface area contributed by atoms with Crippen LogP contribution in [0, 0.1) is 6.92 Å². The molecule has 1 heterocycles. The highest BCUT2D eigenvalue weighted by atomic mass is 19.3. The molecule has 1 aromatic carbocycles. The van der Waals surface area contributed by atoms with E-state index in [1.54, 1.807) is 31.2 Å². The van der Waals surface area contributed by atoms with Gasteiger partial charge in [-0.3, -0.25) is 9.78 Å². The molecule has 20 heavy (non-hydrogen) atoms. The molecule has 6 heteroatoms. The smallest absolute Gasteiger partial charge is 0.387 e. The normalized spacial score (nSPS) is 10.4. The molecule has 0 spiro atoms. The second-order valence-electron chi connectivity index (χ2n) is 4.02. The van der Waals surface area contributed by atoms with Crippen molar-refractivity contribution in [1.82, 2.24) is 4.98 Å². The van der Waals surface area contributed by atoms with Gasteiger partial charge in [-0.1, -0.05) is 12.1 Å². The number of para-hydroxylation sites is 2. The standard InChI is InChI=1S/C14H12F2N2O2/c1-9-6-7-10(8-17-9)13(19)18-11-4-2-3-5-12(11)20-14(15)16/h2-8,14H,1H3,(H,18,19). The number of pyridine rings is 1. The van der Waals surface area contributed by atoms with Crippen LogP contribution in [0.2, 0.25) is 0 Å². The lowest BCUT2D eigenvalue weighted by Gasteiger charge is -2.11. The number of anilines is 1. The largest absolute Gasteiger partial charge is 0.433 e. The van der Waals surface area contributed by atoms with Gasteiger partial charge in [0.05, 0.1) is 11.3 Å². The summed E-state index contributed by atoms with van der Waals surface area (Å²) >= 11 is 0. The number of benzene rings is 1. The molecule has 0 saturated heterocycles. The number of hydrogen-bond acceptors (Lipinski definition) is 3. The first-order valence-electron chi connectivity index (χ1n) is 5.84. The Balaban J connectivity index is 2.17. The van der Waals surface area contributed by atoms with Crippen molar-refractivity contribution < 1.29 is 18.3 Å². The van der Waals surface area contributed by atoms with Gasteiger partial charge >= 0.3 is 6.61 Å². The summed E-state index contributed by atoms with van der Waals surface area (Å²) in [5.41, 5.74) is 1.30. The molecular weight excluding hydrogens is 266 g/mol. The zero-order chi connectivity index (χ0) is 14.5. The molecule has 1 aromatic heterocycles.